The van der Waals surface area contributed by atoms with Gasteiger partial charge < -0.3 is 9.88 Å². The molecule has 2 aromatic rings. The Balaban J connectivity index is 1.86. The van der Waals surface area contributed by atoms with Crippen molar-refractivity contribution in [2.75, 3.05) is 6.54 Å². The number of aromatic nitrogens is 2. The van der Waals surface area contributed by atoms with Crippen LogP contribution in [-0.2, 0) is 4.79 Å². The van der Waals surface area contributed by atoms with Gasteiger partial charge in [0.05, 0.1) is 17.9 Å². The molecular weight excluding hydrogens is 274 g/mol. The molecule has 1 aliphatic heterocycles. The second kappa shape index (κ2) is 6.60. The Morgan fingerprint density at radius 2 is 2.14 bits per heavy atom. The zero-order valence-electron chi connectivity index (χ0n) is 12.8. The van der Waals surface area contributed by atoms with Gasteiger partial charge in [-0.15, -0.1) is 0 Å². The van der Waals surface area contributed by atoms with E-state index in [0.717, 1.165) is 42.9 Å². The van der Waals surface area contributed by atoms with Crippen molar-refractivity contribution in [2.24, 2.45) is 0 Å². The zero-order chi connectivity index (χ0) is 15.4. The van der Waals surface area contributed by atoms with Crippen LogP contribution >= 0.6 is 0 Å². The number of hydrogen-bond donors (Lipinski definition) is 1. The van der Waals surface area contributed by atoms with Crippen molar-refractivity contribution in [2.45, 2.75) is 32.2 Å². The molecule has 1 saturated heterocycles. The number of allylic oxidation sites excluding steroid dienone is 1. The van der Waals surface area contributed by atoms with Crippen LogP contribution in [0.1, 0.15) is 38.1 Å². The lowest BCUT2D eigenvalue weighted by Gasteiger charge is -2.33. The van der Waals surface area contributed by atoms with E-state index < -0.39 is 0 Å². The molecule has 1 aromatic heterocycles. The van der Waals surface area contributed by atoms with E-state index in [-0.39, 0.29) is 11.9 Å². The highest BCUT2D eigenvalue weighted by Gasteiger charge is 2.28. The Morgan fingerprint density at radius 1 is 1.32 bits per heavy atom. The number of carbonyl (C=O) groups excluding carboxylic acids is 1. The summed E-state index contributed by atoms with van der Waals surface area (Å²) in [5.41, 5.74) is 2.11. The zero-order valence-corrected chi connectivity index (χ0v) is 12.8. The van der Waals surface area contributed by atoms with Crippen LogP contribution in [0, 0.1) is 0 Å². The maximum atomic E-state index is 12.3. The summed E-state index contributed by atoms with van der Waals surface area (Å²) in [6.45, 7) is 2.67. The lowest BCUT2D eigenvalue weighted by Crippen LogP contribution is -2.38. The first kappa shape index (κ1) is 14.6. The molecule has 0 bridgehead atoms. The van der Waals surface area contributed by atoms with Crippen LogP contribution in [0.25, 0.3) is 11.3 Å². The minimum Gasteiger partial charge on any atom is -0.340 e. The number of nitrogens with zero attached hydrogens (tertiary/aromatic N) is 2. The highest BCUT2D eigenvalue weighted by Crippen LogP contribution is 2.30. The first-order chi connectivity index (χ1) is 10.8. The number of H-pyrrole nitrogens is 1. The number of imidazole rings is 1. The average Bonchev–Trinajstić information content (AvgIpc) is 3.06. The Labute approximate surface area is 130 Å². The summed E-state index contributed by atoms with van der Waals surface area (Å²) in [4.78, 5) is 22.1. The third kappa shape index (κ3) is 2.96. The number of carbonyl (C=O) groups is 1. The monoisotopic (exact) mass is 295 g/mol. The van der Waals surface area contributed by atoms with Crippen LogP contribution in [0.5, 0.6) is 0 Å². The normalized spacial score (nSPS) is 18.8. The molecule has 1 amide bonds. The molecule has 114 valence electrons. The number of nitrogens with one attached hydrogen (secondary N) is 1. The Hall–Kier alpha value is -2.36. The number of aromatic amines is 1. The van der Waals surface area contributed by atoms with Gasteiger partial charge in [0.1, 0.15) is 5.82 Å². The van der Waals surface area contributed by atoms with Crippen molar-refractivity contribution in [3.05, 3.63) is 54.5 Å². The van der Waals surface area contributed by atoms with Crippen LogP contribution in [0.15, 0.2) is 48.7 Å². The smallest absolute Gasteiger partial charge is 0.246 e. The fourth-order valence-corrected chi connectivity index (χ4v) is 2.99. The predicted molar refractivity (Wildman–Crippen MR) is 87.1 cm³/mol. The number of piperidine rings is 1. The van der Waals surface area contributed by atoms with Crippen molar-refractivity contribution in [3.8, 4) is 11.3 Å². The fraction of sp³-hybridized carbons (Fsp3) is 0.333. The summed E-state index contributed by atoms with van der Waals surface area (Å²) in [5, 5.41) is 0. The Morgan fingerprint density at radius 3 is 2.91 bits per heavy atom. The van der Waals surface area contributed by atoms with E-state index >= 15 is 0 Å². The molecule has 0 aliphatic carbocycles. The molecule has 1 aliphatic rings. The number of benzene rings is 1. The maximum absolute atomic E-state index is 12.3. The molecule has 1 fully saturated rings. The summed E-state index contributed by atoms with van der Waals surface area (Å²) >= 11 is 0. The SMILES string of the molecule is CC=CC(=O)N1CCCCC1c1ncc(-c2ccccc2)[nH]1. The van der Waals surface area contributed by atoms with Gasteiger partial charge in [-0.2, -0.15) is 0 Å². The third-order valence-electron chi connectivity index (χ3n) is 4.09. The summed E-state index contributed by atoms with van der Waals surface area (Å²) < 4.78 is 0. The topological polar surface area (TPSA) is 49.0 Å². The summed E-state index contributed by atoms with van der Waals surface area (Å²) in [5.74, 6) is 0.960. The van der Waals surface area contributed by atoms with Gasteiger partial charge in [-0.25, -0.2) is 4.98 Å². The fourth-order valence-electron chi connectivity index (χ4n) is 2.99. The quantitative estimate of drug-likeness (QED) is 0.878. The Kier molecular flexibility index (Phi) is 4.37. The first-order valence-electron chi connectivity index (χ1n) is 7.83. The van der Waals surface area contributed by atoms with Gasteiger partial charge in [-0.1, -0.05) is 36.4 Å². The van der Waals surface area contributed by atoms with Crippen molar-refractivity contribution in [1.82, 2.24) is 14.9 Å². The largest absolute Gasteiger partial charge is 0.340 e. The van der Waals surface area contributed by atoms with Crippen LogP contribution in [0.2, 0.25) is 0 Å². The molecule has 4 nitrogen and oxygen atoms in total. The first-order valence-corrected chi connectivity index (χ1v) is 7.83. The summed E-state index contributed by atoms with van der Waals surface area (Å²) in [6.07, 6.45) is 8.45. The van der Waals surface area contributed by atoms with Crippen LogP contribution in [-0.4, -0.2) is 27.3 Å². The molecule has 0 saturated carbocycles. The molecule has 1 atom stereocenters. The lowest BCUT2D eigenvalue weighted by molar-refractivity contribution is -0.129. The molecular formula is C18H21N3O. The van der Waals surface area contributed by atoms with E-state index in [2.05, 4.69) is 22.1 Å². The van der Waals surface area contributed by atoms with E-state index in [4.69, 9.17) is 0 Å². The van der Waals surface area contributed by atoms with Crippen molar-refractivity contribution < 1.29 is 4.79 Å². The standard InChI is InChI=1S/C18H21N3O/c1-2-8-17(22)21-12-7-6-11-16(21)18-19-13-15(20-18)14-9-4-3-5-10-14/h2-5,8-10,13,16H,6-7,11-12H2,1H3,(H,19,20). The van der Waals surface area contributed by atoms with Crippen molar-refractivity contribution >= 4 is 5.91 Å². The van der Waals surface area contributed by atoms with Gasteiger partial charge in [0.2, 0.25) is 5.91 Å². The molecule has 1 aromatic carbocycles. The number of rotatable bonds is 3. The van der Waals surface area contributed by atoms with E-state index in [1.54, 1.807) is 12.2 Å². The molecule has 22 heavy (non-hydrogen) atoms. The number of likely N-dealkylation sites (tertiary alicyclic amines) is 1. The van der Waals surface area contributed by atoms with E-state index in [0.29, 0.717) is 0 Å². The predicted octanol–water partition coefficient (Wildman–Crippen LogP) is 3.71. The second-order valence-electron chi connectivity index (χ2n) is 5.59. The highest BCUT2D eigenvalue weighted by molar-refractivity contribution is 5.87. The molecule has 0 spiro atoms. The minimum atomic E-state index is 0.0508. The molecule has 0 radical (unpaired) electrons. The third-order valence-corrected chi connectivity index (χ3v) is 4.09. The van der Waals surface area contributed by atoms with E-state index in [1.165, 1.54) is 0 Å². The second-order valence-corrected chi connectivity index (χ2v) is 5.59. The van der Waals surface area contributed by atoms with Gasteiger partial charge in [-0.05, 0) is 37.8 Å². The van der Waals surface area contributed by atoms with Crippen molar-refractivity contribution in [3.63, 3.8) is 0 Å². The number of hydrogen-bond acceptors (Lipinski definition) is 2. The van der Waals surface area contributed by atoms with Gasteiger partial charge in [0.25, 0.3) is 0 Å². The molecule has 2 heterocycles. The van der Waals surface area contributed by atoms with Crippen LogP contribution in [0.3, 0.4) is 0 Å². The van der Waals surface area contributed by atoms with E-state index in [9.17, 15) is 4.79 Å². The molecule has 1 unspecified atom stereocenters. The summed E-state index contributed by atoms with van der Waals surface area (Å²) in [7, 11) is 0. The summed E-state index contributed by atoms with van der Waals surface area (Å²) in [6, 6.07) is 10.2. The average molecular weight is 295 g/mol. The van der Waals surface area contributed by atoms with Gasteiger partial charge in [0.15, 0.2) is 0 Å². The van der Waals surface area contributed by atoms with E-state index in [1.807, 2.05) is 36.2 Å². The van der Waals surface area contributed by atoms with Crippen LogP contribution < -0.4 is 0 Å². The number of amides is 1. The Bertz CT molecular complexity index is 660. The van der Waals surface area contributed by atoms with Crippen molar-refractivity contribution in [1.29, 1.82) is 0 Å². The van der Waals surface area contributed by atoms with Gasteiger partial charge in [-0.3, -0.25) is 4.79 Å². The molecule has 3 rings (SSSR count). The van der Waals surface area contributed by atoms with Crippen LogP contribution in [0.4, 0.5) is 0 Å². The molecule has 4 heteroatoms. The highest BCUT2D eigenvalue weighted by atomic mass is 16.2. The maximum Gasteiger partial charge on any atom is 0.246 e. The minimum absolute atomic E-state index is 0.0508. The molecule has 1 N–H and O–H groups in total. The lowest BCUT2D eigenvalue weighted by atomic mass is 10.0. The van der Waals surface area contributed by atoms with Gasteiger partial charge >= 0.3 is 0 Å². The van der Waals surface area contributed by atoms with Gasteiger partial charge in [0, 0.05) is 6.54 Å².